The molecule has 0 unspecified atom stereocenters. The molecule has 0 aromatic heterocycles. The first-order valence-corrected chi connectivity index (χ1v) is 7.25. The number of benzene rings is 1. The largest absolute Gasteiger partial charge is 0.496 e. The topological polar surface area (TPSA) is 136 Å². The van der Waals surface area contributed by atoms with Crippen molar-refractivity contribution in [2.24, 2.45) is 5.73 Å². The molecule has 0 spiro atoms. The lowest BCUT2D eigenvalue weighted by molar-refractivity contribution is -0.122. The van der Waals surface area contributed by atoms with Gasteiger partial charge in [0.05, 0.1) is 12.0 Å². The van der Waals surface area contributed by atoms with Crippen molar-refractivity contribution in [1.29, 1.82) is 0 Å². The molecule has 9 heteroatoms. The Hall–Kier alpha value is -2.13. The van der Waals surface area contributed by atoms with Crippen molar-refractivity contribution in [1.82, 2.24) is 4.72 Å². The number of carbonyl (C=O) groups is 2. The summed E-state index contributed by atoms with van der Waals surface area (Å²) in [5, 5.41) is 9.04. The number of aromatic carboxylic acids is 1. The van der Waals surface area contributed by atoms with E-state index < -0.39 is 27.4 Å². The standard InChI is InChI=1S/C12H16N2O6S/c1-12(2,11(13)17)14-21(18,19)7-4-5-9(20-3)8(6-7)10(15)16/h4-6,14H,1-3H3,(H2,13,17)(H,15,16). The van der Waals surface area contributed by atoms with E-state index in [2.05, 4.69) is 4.72 Å². The van der Waals surface area contributed by atoms with Crippen LogP contribution in [0.5, 0.6) is 5.75 Å². The van der Waals surface area contributed by atoms with Crippen molar-refractivity contribution < 1.29 is 27.9 Å². The molecule has 0 aliphatic rings. The first-order chi connectivity index (χ1) is 9.51. The van der Waals surface area contributed by atoms with Crippen molar-refractivity contribution in [3.8, 4) is 5.75 Å². The van der Waals surface area contributed by atoms with E-state index in [-0.39, 0.29) is 16.2 Å². The van der Waals surface area contributed by atoms with Gasteiger partial charge in [-0.1, -0.05) is 0 Å². The molecule has 4 N–H and O–H groups in total. The summed E-state index contributed by atoms with van der Waals surface area (Å²) >= 11 is 0. The summed E-state index contributed by atoms with van der Waals surface area (Å²) in [5.41, 5.74) is 3.28. The first kappa shape index (κ1) is 16.9. The number of hydrogen-bond acceptors (Lipinski definition) is 5. The number of rotatable bonds is 6. The number of sulfonamides is 1. The molecular formula is C12H16N2O6S. The Kier molecular flexibility index (Phi) is 4.59. The molecule has 8 nitrogen and oxygen atoms in total. The third-order valence-electron chi connectivity index (χ3n) is 2.72. The summed E-state index contributed by atoms with van der Waals surface area (Å²) in [5.74, 6) is -2.17. The van der Waals surface area contributed by atoms with E-state index in [0.717, 1.165) is 6.07 Å². The Balaban J connectivity index is 3.30. The SMILES string of the molecule is COc1ccc(S(=O)(=O)NC(C)(C)C(N)=O)cc1C(=O)O. The van der Waals surface area contributed by atoms with Gasteiger partial charge in [0.2, 0.25) is 15.9 Å². The third kappa shape index (κ3) is 3.70. The summed E-state index contributed by atoms with van der Waals surface area (Å²) in [7, 11) is -2.85. The number of nitrogens with two attached hydrogens (primary N) is 1. The van der Waals surface area contributed by atoms with Gasteiger partial charge in [0.1, 0.15) is 16.9 Å². The Labute approximate surface area is 122 Å². The number of hydrogen-bond donors (Lipinski definition) is 3. The monoisotopic (exact) mass is 316 g/mol. The molecule has 0 saturated heterocycles. The average molecular weight is 316 g/mol. The number of methoxy groups -OCH3 is 1. The van der Waals surface area contributed by atoms with Crippen LogP contribution in [-0.2, 0) is 14.8 Å². The Morgan fingerprint density at radius 2 is 1.90 bits per heavy atom. The van der Waals surface area contributed by atoms with Gasteiger partial charge in [0.15, 0.2) is 0 Å². The summed E-state index contributed by atoms with van der Waals surface area (Å²) in [6.07, 6.45) is 0. The van der Waals surface area contributed by atoms with Crippen LogP contribution in [0.2, 0.25) is 0 Å². The van der Waals surface area contributed by atoms with Crippen molar-refractivity contribution in [3.63, 3.8) is 0 Å². The van der Waals surface area contributed by atoms with E-state index in [1.54, 1.807) is 0 Å². The molecule has 1 amide bonds. The van der Waals surface area contributed by atoms with E-state index in [0.29, 0.717) is 0 Å². The van der Waals surface area contributed by atoms with Gasteiger partial charge in [-0.2, -0.15) is 4.72 Å². The van der Waals surface area contributed by atoms with Gasteiger partial charge >= 0.3 is 5.97 Å². The fourth-order valence-corrected chi connectivity index (χ4v) is 2.88. The predicted octanol–water partition coefficient (Wildman–Crippen LogP) is -0.0644. The highest BCUT2D eigenvalue weighted by atomic mass is 32.2. The van der Waals surface area contributed by atoms with E-state index in [1.165, 1.54) is 33.1 Å². The van der Waals surface area contributed by atoms with Gasteiger partial charge in [-0.05, 0) is 32.0 Å². The lowest BCUT2D eigenvalue weighted by atomic mass is 10.1. The van der Waals surface area contributed by atoms with Crippen LogP contribution >= 0.6 is 0 Å². The van der Waals surface area contributed by atoms with E-state index >= 15 is 0 Å². The maximum absolute atomic E-state index is 12.2. The van der Waals surface area contributed by atoms with Gasteiger partial charge in [-0.25, -0.2) is 13.2 Å². The lowest BCUT2D eigenvalue weighted by Crippen LogP contribution is -2.52. The molecule has 0 bridgehead atoms. The maximum Gasteiger partial charge on any atom is 0.339 e. The van der Waals surface area contributed by atoms with Gasteiger partial charge in [-0.15, -0.1) is 0 Å². The maximum atomic E-state index is 12.2. The highest BCUT2D eigenvalue weighted by Crippen LogP contribution is 2.23. The average Bonchev–Trinajstić information content (AvgIpc) is 2.36. The zero-order valence-corrected chi connectivity index (χ0v) is 12.5. The molecule has 0 atom stereocenters. The Bertz CT molecular complexity index is 681. The second kappa shape index (κ2) is 5.70. The van der Waals surface area contributed by atoms with Crippen molar-refractivity contribution in [2.45, 2.75) is 24.3 Å². The first-order valence-electron chi connectivity index (χ1n) is 5.76. The summed E-state index contributed by atoms with van der Waals surface area (Å²) in [6.45, 7) is 2.60. The van der Waals surface area contributed by atoms with Crippen LogP contribution in [0.3, 0.4) is 0 Å². The molecule has 0 fully saturated rings. The minimum absolute atomic E-state index is 0.0237. The van der Waals surface area contributed by atoms with Crippen molar-refractivity contribution >= 4 is 21.9 Å². The fourth-order valence-electron chi connectivity index (χ4n) is 1.47. The number of carbonyl (C=O) groups excluding carboxylic acids is 1. The highest BCUT2D eigenvalue weighted by Gasteiger charge is 2.32. The van der Waals surface area contributed by atoms with E-state index in [1.807, 2.05) is 0 Å². The molecule has 0 heterocycles. The number of nitrogens with one attached hydrogen (secondary N) is 1. The molecule has 1 aromatic rings. The van der Waals surface area contributed by atoms with Crippen molar-refractivity contribution in [3.05, 3.63) is 23.8 Å². The number of ether oxygens (including phenoxy) is 1. The summed E-state index contributed by atoms with van der Waals surface area (Å²) < 4.78 is 31.3. The fraction of sp³-hybridized carbons (Fsp3) is 0.333. The van der Waals surface area contributed by atoms with Crippen LogP contribution in [0.15, 0.2) is 23.1 Å². The summed E-state index contributed by atoms with van der Waals surface area (Å²) in [4.78, 5) is 22.0. The molecule has 1 aromatic carbocycles. The number of carboxylic acids is 1. The molecule has 0 radical (unpaired) electrons. The van der Waals surface area contributed by atoms with Crippen LogP contribution in [-0.4, -0.2) is 38.0 Å². The molecule has 0 saturated carbocycles. The molecule has 21 heavy (non-hydrogen) atoms. The van der Waals surface area contributed by atoms with Gasteiger partial charge < -0.3 is 15.6 Å². The van der Waals surface area contributed by atoms with Crippen LogP contribution in [0, 0.1) is 0 Å². The lowest BCUT2D eigenvalue weighted by Gasteiger charge is -2.22. The van der Waals surface area contributed by atoms with E-state index in [4.69, 9.17) is 15.6 Å². The van der Waals surface area contributed by atoms with Gasteiger partial charge in [-0.3, -0.25) is 4.79 Å². The third-order valence-corrected chi connectivity index (χ3v) is 4.37. The van der Waals surface area contributed by atoms with Crippen LogP contribution in [0.4, 0.5) is 0 Å². The normalized spacial score (nSPS) is 12.0. The quantitative estimate of drug-likeness (QED) is 0.672. The number of amides is 1. The zero-order chi connectivity index (χ0) is 16.4. The van der Waals surface area contributed by atoms with Crippen LogP contribution < -0.4 is 15.2 Å². The smallest absolute Gasteiger partial charge is 0.339 e. The van der Waals surface area contributed by atoms with Crippen molar-refractivity contribution in [2.75, 3.05) is 7.11 Å². The second-order valence-corrected chi connectivity index (χ2v) is 6.44. The van der Waals surface area contributed by atoms with Crippen LogP contribution in [0.25, 0.3) is 0 Å². The molecule has 0 aliphatic heterocycles. The van der Waals surface area contributed by atoms with Gasteiger partial charge in [0.25, 0.3) is 0 Å². The molecule has 116 valence electrons. The Morgan fingerprint density at radius 1 is 1.33 bits per heavy atom. The highest BCUT2D eigenvalue weighted by molar-refractivity contribution is 7.89. The van der Waals surface area contributed by atoms with E-state index in [9.17, 15) is 18.0 Å². The minimum Gasteiger partial charge on any atom is -0.496 e. The number of carboxylic acid groups (broad SMARTS) is 1. The molecule has 0 aliphatic carbocycles. The second-order valence-electron chi connectivity index (χ2n) is 4.76. The predicted molar refractivity (Wildman–Crippen MR) is 73.5 cm³/mol. The molecular weight excluding hydrogens is 300 g/mol. The zero-order valence-electron chi connectivity index (χ0n) is 11.7. The number of primary amides is 1. The van der Waals surface area contributed by atoms with Gasteiger partial charge in [0, 0.05) is 0 Å². The minimum atomic E-state index is -4.11. The summed E-state index contributed by atoms with van der Waals surface area (Å²) in [6, 6.07) is 3.33. The van der Waals surface area contributed by atoms with Crippen LogP contribution in [0.1, 0.15) is 24.2 Å². The molecule has 1 rings (SSSR count). The Morgan fingerprint density at radius 3 is 2.33 bits per heavy atom.